The smallest absolute Gasteiger partial charge is 0.227 e. The summed E-state index contributed by atoms with van der Waals surface area (Å²) in [5.41, 5.74) is 3.76. The molecule has 1 amide bonds. The van der Waals surface area contributed by atoms with Crippen molar-refractivity contribution in [1.82, 2.24) is 16.0 Å². The van der Waals surface area contributed by atoms with E-state index in [4.69, 9.17) is 0 Å². The molecule has 1 unspecified atom stereocenters. The highest BCUT2D eigenvalue weighted by Crippen LogP contribution is 2.24. The topological polar surface area (TPSA) is 65.5 Å². The highest BCUT2D eigenvalue weighted by Gasteiger charge is 2.27. The van der Waals surface area contributed by atoms with E-state index in [2.05, 4.69) is 46.1 Å². The molecule has 26 heavy (non-hydrogen) atoms. The summed E-state index contributed by atoms with van der Waals surface area (Å²) in [6.45, 7) is 9.12. The fourth-order valence-corrected chi connectivity index (χ4v) is 3.29. The molecule has 0 spiro atoms. The average Bonchev–Trinajstić information content (AvgIpc) is 2.64. The van der Waals surface area contributed by atoms with Crippen LogP contribution in [0.3, 0.4) is 0 Å². The van der Waals surface area contributed by atoms with Gasteiger partial charge in [-0.25, -0.2) is 0 Å². The summed E-state index contributed by atoms with van der Waals surface area (Å²) >= 11 is 0. The molecule has 1 atom stereocenters. The van der Waals surface area contributed by atoms with Gasteiger partial charge in [-0.05, 0) is 70.1 Å². The minimum atomic E-state index is -0.497. The zero-order valence-corrected chi connectivity index (χ0v) is 16.9. The number of carbonyl (C=O) groups excluding carboxylic acids is 1. The lowest BCUT2D eigenvalue weighted by Crippen LogP contribution is -2.48. The fourth-order valence-electron chi connectivity index (χ4n) is 3.29. The minimum absolute atomic E-state index is 0.0469. The summed E-state index contributed by atoms with van der Waals surface area (Å²) in [6, 6.07) is 6.98. The fraction of sp³-hybridized carbons (Fsp3) is 0.619. The standard InChI is InChI=1S/C21H34N4O/c1-6-23-19(26)21(3,4)14-24-20(22-5)25-15(2)17-12-11-16-9-7-8-10-18(16)13-17/h11-13,15H,6-10,14H2,1-5H3,(H,23,26)(H2,22,24,25). The summed E-state index contributed by atoms with van der Waals surface area (Å²) in [4.78, 5) is 16.4. The van der Waals surface area contributed by atoms with Crippen molar-refractivity contribution in [3.63, 3.8) is 0 Å². The van der Waals surface area contributed by atoms with Crippen LogP contribution in [0, 0.1) is 5.41 Å². The number of guanidine groups is 1. The molecule has 0 saturated heterocycles. The lowest BCUT2D eigenvalue weighted by Gasteiger charge is -2.26. The van der Waals surface area contributed by atoms with Crippen LogP contribution < -0.4 is 16.0 Å². The van der Waals surface area contributed by atoms with Gasteiger partial charge >= 0.3 is 0 Å². The van der Waals surface area contributed by atoms with Crippen molar-refractivity contribution in [3.05, 3.63) is 34.9 Å². The molecule has 1 aromatic carbocycles. The SMILES string of the molecule is CCNC(=O)C(C)(C)CNC(=NC)NC(C)c1ccc2c(c1)CCCC2. The average molecular weight is 359 g/mol. The Hall–Kier alpha value is -2.04. The largest absolute Gasteiger partial charge is 0.356 e. The first-order chi connectivity index (χ1) is 12.4. The zero-order valence-electron chi connectivity index (χ0n) is 16.9. The highest BCUT2D eigenvalue weighted by molar-refractivity contribution is 5.84. The van der Waals surface area contributed by atoms with Crippen LogP contribution in [0.4, 0.5) is 0 Å². The second-order valence-corrected chi connectivity index (χ2v) is 7.77. The Morgan fingerprint density at radius 2 is 1.88 bits per heavy atom. The van der Waals surface area contributed by atoms with Gasteiger partial charge in [-0.15, -0.1) is 0 Å². The van der Waals surface area contributed by atoms with E-state index in [9.17, 15) is 4.79 Å². The van der Waals surface area contributed by atoms with E-state index < -0.39 is 5.41 Å². The van der Waals surface area contributed by atoms with Gasteiger partial charge in [0, 0.05) is 20.1 Å². The van der Waals surface area contributed by atoms with Crippen LogP contribution in [-0.4, -0.2) is 32.0 Å². The van der Waals surface area contributed by atoms with E-state index in [0.717, 1.165) is 0 Å². The number of fused-ring (bicyclic) bond motifs is 1. The third-order valence-electron chi connectivity index (χ3n) is 5.10. The van der Waals surface area contributed by atoms with Crippen molar-refractivity contribution in [1.29, 1.82) is 0 Å². The van der Waals surface area contributed by atoms with Crippen LogP contribution in [-0.2, 0) is 17.6 Å². The van der Waals surface area contributed by atoms with E-state index in [0.29, 0.717) is 19.0 Å². The van der Waals surface area contributed by atoms with E-state index in [1.807, 2.05) is 20.8 Å². The Bertz CT molecular complexity index is 651. The molecule has 0 fully saturated rings. The normalized spacial score (nSPS) is 15.8. The molecule has 0 aliphatic heterocycles. The maximum atomic E-state index is 12.1. The molecule has 0 radical (unpaired) electrons. The minimum Gasteiger partial charge on any atom is -0.356 e. The second kappa shape index (κ2) is 9.06. The number of nitrogens with zero attached hydrogens (tertiary/aromatic N) is 1. The van der Waals surface area contributed by atoms with Crippen LogP contribution in [0.5, 0.6) is 0 Å². The third-order valence-corrected chi connectivity index (χ3v) is 5.10. The van der Waals surface area contributed by atoms with Gasteiger partial charge in [0.1, 0.15) is 0 Å². The maximum Gasteiger partial charge on any atom is 0.227 e. The molecule has 144 valence electrons. The summed E-state index contributed by atoms with van der Waals surface area (Å²) in [7, 11) is 1.76. The predicted molar refractivity (Wildman–Crippen MR) is 108 cm³/mol. The molecule has 5 nitrogen and oxygen atoms in total. The van der Waals surface area contributed by atoms with Crippen molar-refractivity contribution < 1.29 is 4.79 Å². The Labute approximate surface area is 158 Å². The first-order valence-electron chi connectivity index (χ1n) is 9.74. The first kappa shape index (κ1) is 20.3. The van der Waals surface area contributed by atoms with Gasteiger partial charge < -0.3 is 16.0 Å². The molecule has 1 aliphatic rings. The number of hydrogen-bond acceptors (Lipinski definition) is 2. The van der Waals surface area contributed by atoms with Crippen molar-refractivity contribution >= 4 is 11.9 Å². The number of hydrogen-bond donors (Lipinski definition) is 3. The Morgan fingerprint density at radius 1 is 1.19 bits per heavy atom. The molecule has 0 aromatic heterocycles. The Kier molecular flexibility index (Phi) is 7.06. The van der Waals surface area contributed by atoms with Gasteiger partial charge in [-0.2, -0.15) is 0 Å². The van der Waals surface area contributed by atoms with Crippen molar-refractivity contribution in [2.24, 2.45) is 10.4 Å². The highest BCUT2D eigenvalue weighted by atomic mass is 16.2. The molecule has 1 aliphatic carbocycles. The number of benzene rings is 1. The molecule has 1 aromatic rings. The van der Waals surface area contributed by atoms with Gasteiger partial charge in [0.05, 0.1) is 11.5 Å². The van der Waals surface area contributed by atoms with E-state index in [-0.39, 0.29) is 11.9 Å². The molecular formula is C21H34N4O. The monoisotopic (exact) mass is 358 g/mol. The Morgan fingerprint density at radius 3 is 2.54 bits per heavy atom. The van der Waals surface area contributed by atoms with Crippen LogP contribution in [0.1, 0.15) is 63.3 Å². The number of aryl methyl sites for hydroxylation is 2. The van der Waals surface area contributed by atoms with Crippen molar-refractivity contribution in [2.45, 2.75) is 59.4 Å². The van der Waals surface area contributed by atoms with E-state index in [1.165, 1.54) is 42.4 Å². The lowest BCUT2D eigenvalue weighted by atomic mass is 9.89. The van der Waals surface area contributed by atoms with Crippen LogP contribution in [0.2, 0.25) is 0 Å². The number of amides is 1. The van der Waals surface area contributed by atoms with Gasteiger partial charge in [0.2, 0.25) is 5.91 Å². The van der Waals surface area contributed by atoms with Gasteiger partial charge in [0.15, 0.2) is 5.96 Å². The van der Waals surface area contributed by atoms with Crippen LogP contribution in [0.25, 0.3) is 0 Å². The summed E-state index contributed by atoms with van der Waals surface area (Å²) in [6.07, 6.45) is 4.98. The molecule has 0 saturated carbocycles. The van der Waals surface area contributed by atoms with E-state index in [1.54, 1.807) is 7.05 Å². The Balaban J connectivity index is 1.96. The number of rotatable bonds is 6. The predicted octanol–water partition coefficient (Wildman–Crippen LogP) is 2.95. The second-order valence-electron chi connectivity index (χ2n) is 7.77. The molecule has 2 rings (SSSR count). The van der Waals surface area contributed by atoms with Crippen molar-refractivity contribution in [2.75, 3.05) is 20.1 Å². The molecule has 0 heterocycles. The maximum absolute atomic E-state index is 12.1. The van der Waals surface area contributed by atoms with Crippen LogP contribution >= 0.6 is 0 Å². The molecular weight excluding hydrogens is 324 g/mol. The molecule has 0 bridgehead atoms. The van der Waals surface area contributed by atoms with Crippen LogP contribution in [0.15, 0.2) is 23.2 Å². The quantitative estimate of drug-likeness (QED) is 0.541. The first-order valence-corrected chi connectivity index (χ1v) is 9.74. The number of carbonyl (C=O) groups is 1. The van der Waals surface area contributed by atoms with Crippen molar-refractivity contribution in [3.8, 4) is 0 Å². The van der Waals surface area contributed by atoms with Gasteiger partial charge in [-0.3, -0.25) is 9.79 Å². The molecule has 3 N–H and O–H groups in total. The summed E-state index contributed by atoms with van der Waals surface area (Å²) in [5, 5.41) is 9.61. The van der Waals surface area contributed by atoms with Gasteiger partial charge in [-0.1, -0.05) is 18.2 Å². The summed E-state index contributed by atoms with van der Waals surface area (Å²) in [5.74, 6) is 0.762. The van der Waals surface area contributed by atoms with Gasteiger partial charge in [0.25, 0.3) is 0 Å². The zero-order chi connectivity index (χ0) is 19.2. The van der Waals surface area contributed by atoms with E-state index >= 15 is 0 Å². The lowest BCUT2D eigenvalue weighted by molar-refractivity contribution is -0.128. The third kappa shape index (κ3) is 5.23. The number of nitrogens with one attached hydrogen (secondary N) is 3. The summed E-state index contributed by atoms with van der Waals surface area (Å²) < 4.78 is 0. The number of aliphatic imine (C=N–C) groups is 1. The molecule has 5 heteroatoms.